The summed E-state index contributed by atoms with van der Waals surface area (Å²) in [4.78, 5) is 16.9. The molecule has 0 aromatic carbocycles. The molecule has 2 fully saturated rings. The van der Waals surface area contributed by atoms with E-state index in [4.69, 9.17) is 4.74 Å². The van der Waals surface area contributed by atoms with E-state index in [9.17, 15) is 4.79 Å². The zero-order valence-electron chi connectivity index (χ0n) is 20.8. The second-order valence-corrected chi connectivity index (χ2v) is 10.6. The highest BCUT2D eigenvalue weighted by molar-refractivity contribution is 5.75. The van der Waals surface area contributed by atoms with Gasteiger partial charge >= 0.3 is 5.97 Å². The number of carbonyl (C=O) groups is 1. The van der Waals surface area contributed by atoms with Crippen LogP contribution in [0.3, 0.4) is 0 Å². The highest BCUT2D eigenvalue weighted by atomic mass is 16.5. The minimum absolute atomic E-state index is 0.0532. The van der Waals surface area contributed by atoms with Crippen molar-refractivity contribution in [2.45, 2.75) is 123 Å². The molecule has 0 radical (unpaired) electrons. The number of nitrogens with zero attached hydrogens (tertiary/aromatic N) is 1. The van der Waals surface area contributed by atoms with Crippen LogP contribution in [0.15, 0.2) is 18.3 Å². The molecule has 3 rings (SSSR count). The lowest BCUT2D eigenvalue weighted by atomic mass is 9.75. The van der Waals surface area contributed by atoms with Crippen LogP contribution in [0.2, 0.25) is 0 Å². The van der Waals surface area contributed by atoms with Crippen LogP contribution in [0, 0.1) is 23.7 Å². The van der Waals surface area contributed by atoms with E-state index in [1.165, 1.54) is 89.9 Å². The van der Waals surface area contributed by atoms with Crippen molar-refractivity contribution >= 4 is 5.97 Å². The summed E-state index contributed by atoms with van der Waals surface area (Å²) in [6.07, 6.45) is 24.2. The van der Waals surface area contributed by atoms with Crippen molar-refractivity contribution in [2.24, 2.45) is 23.7 Å². The summed E-state index contributed by atoms with van der Waals surface area (Å²) < 4.78 is 5.60. The van der Waals surface area contributed by atoms with Gasteiger partial charge in [-0.2, -0.15) is 0 Å². The first kappa shape index (κ1) is 25.2. The zero-order valence-corrected chi connectivity index (χ0v) is 20.8. The van der Waals surface area contributed by atoms with Crippen molar-refractivity contribution in [3.63, 3.8) is 0 Å². The summed E-state index contributed by atoms with van der Waals surface area (Å²) >= 11 is 0. The molecule has 2 aliphatic rings. The van der Waals surface area contributed by atoms with Crippen LogP contribution in [0.4, 0.5) is 0 Å². The summed E-state index contributed by atoms with van der Waals surface area (Å²) in [6.45, 7) is 4.38. The Morgan fingerprint density at radius 3 is 1.97 bits per heavy atom. The number of aryl methyl sites for hydroxylation is 1. The third-order valence-electron chi connectivity index (χ3n) is 8.22. The van der Waals surface area contributed by atoms with E-state index in [-0.39, 0.29) is 11.9 Å². The molecule has 1 aromatic heterocycles. The lowest BCUT2D eigenvalue weighted by Gasteiger charge is -2.31. The normalized spacial score (nSPS) is 26.1. The van der Waals surface area contributed by atoms with E-state index in [0.717, 1.165) is 42.7 Å². The fourth-order valence-electron chi connectivity index (χ4n) is 5.88. The summed E-state index contributed by atoms with van der Waals surface area (Å²) in [6, 6.07) is 3.82. The van der Waals surface area contributed by atoms with Gasteiger partial charge in [-0.25, -0.2) is 0 Å². The molecule has 180 valence electrons. The van der Waals surface area contributed by atoms with E-state index in [1.54, 1.807) is 6.20 Å². The second kappa shape index (κ2) is 14.0. The molecule has 0 unspecified atom stereocenters. The zero-order chi connectivity index (χ0) is 22.6. The predicted octanol–water partition coefficient (Wildman–Crippen LogP) is 8.30. The van der Waals surface area contributed by atoms with E-state index in [1.807, 2.05) is 12.1 Å². The van der Waals surface area contributed by atoms with Crippen molar-refractivity contribution in [1.82, 2.24) is 4.98 Å². The van der Waals surface area contributed by atoms with E-state index < -0.39 is 0 Å². The Bertz CT molecular complexity index is 640. The van der Waals surface area contributed by atoms with E-state index in [2.05, 4.69) is 18.8 Å². The van der Waals surface area contributed by atoms with Crippen LogP contribution in [0.5, 0.6) is 5.75 Å². The first-order valence-electron chi connectivity index (χ1n) is 13.8. The third-order valence-corrected chi connectivity index (χ3v) is 8.22. The number of hydrogen-bond acceptors (Lipinski definition) is 3. The van der Waals surface area contributed by atoms with Crippen LogP contribution in [0.25, 0.3) is 0 Å². The fourth-order valence-corrected chi connectivity index (χ4v) is 5.88. The van der Waals surface area contributed by atoms with E-state index >= 15 is 0 Å². The number of unbranched alkanes of at least 4 members (excludes halogenated alkanes) is 4. The minimum atomic E-state index is -0.0532. The van der Waals surface area contributed by atoms with Gasteiger partial charge in [-0.3, -0.25) is 9.78 Å². The first-order valence-corrected chi connectivity index (χ1v) is 13.8. The smallest absolute Gasteiger partial charge is 0.314 e. The maximum atomic E-state index is 12.5. The molecule has 0 bridgehead atoms. The summed E-state index contributed by atoms with van der Waals surface area (Å²) in [5.74, 6) is 3.41. The second-order valence-electron chi connectivity index (χ2n) is 10.6. The fraction of sp³-hybridized carbons (Fsp3) is 0.793. The number of rotatable bonds is 12. The Morgan fingerprint density at radius 2 is 1.41 bits per heavy atom. The molecule has 2 aliphatic carbocycles. The molecule has 2 saturated carbocycles. The average Bonchev–Trinajstić information content (AvgIpc) is 2.84. The maximum absolute atomic E-state index is 12.5. The van der Waals surface area contributed by atoms with Gasteiger partial charge in [0.2, 0.25) is 0 Å². The minimum Gasteiger partial charge on any atom is -0.425 e. The Hall–Kier alpha value is -1.38. The molecule has 3 nitrogen and oxygen atoms in total. The average molecular weight is 442 g/mol. The molecule has 0 amide bonds. The third kappa shape index (κ3) is 8.52. The van der Waals surface area contributed by atoms with Crippen LogP contribution >= 0.6 is 0 Å². The molecular formula is C29H47NO2. The molecule has 0 atom stereocenters. The van der Waals surface area contributed by atoms with Crippen molar-refractivity contribution < 1.29 is 9.53 Å². The summed E-state index contributed by atoms with van der Waals surface area (Å²) in [5, 5.41) is 0. The molecule has 32 heavy (non-hydrogen) atoms. The SMILES string of the molecule is CCCCCCC[C@H]1CC[C@H](CC[C@H]2CC[C@H](C(=O)Oc3ccc(CC)nc3)CC2)CC1. The molecule has 0 N–H and O–H groups in total. The van der Waals surface area contributed by atoms with Crippen LogP contribution in [-0.4, -0.2) is 11.0 Å². The molecule has 0 aliphatic heterocycles. The predicted molar refractivity (Wildman–Crippen MR) is 133 cm³/mol. The van der Waals surface area contributed by atoms with Gasteiger partial charge in [-0.15, -0.1) is 0 Å². The lowest BCUT2D eigenvalue weighted by Crippen LogP contribution is -2.26. The van der Waals surface area contributed by atoms with Crippen molar-refractivity contribution in [3.8, 4) is 5.75 Å². The molecular weight excluding hydrogens is 394 g/mol. The molecule has 1 aromatic rings. The van der Waals surface area contributed by atoms with Gasteiger partial charge in [-0.1, -0.05) is 90.9 Å². The summed E-state index contributed by atoms with van der Waals surface area (Å²) in [7, 11) is 0. The van der Waals surface area contributed by atoms with Gasteiger partial charge in [0, 0.05) is 5.69 Å². The number of pyridine rings is 1. The molecule has 3 heteroatoms. The van der Waals surface area contributed by atoms with Crippen molar-refractivity contribution in [2.75, 3.05) is 0 Å². The molecule has 0 saturated heterocycles. The van der Waals surface area contributed by atoms with Gasteiger partial charge in [0.1, 0.15) is 5.75 Å². The standard InChI is InChI=1S/C29H47NO2/c1-3-5-6-7-8-9-23-10-12-24(13-11-23)14-15-25-16-18-26(19-17-25)29(31)32-28-21-20-27(4-2)30-22-28/h20-26H,3-19H2,1-2H3/t23-,24-,25-,26-. The number of esters is 1. The Kier molecular flexibility index (Phi) is 11.1. The van der Waals surface area contributed by atoms with Crippen LogP contribution in [0.1, 0.15) is 122 Å². The number of ether oxygens (including phenoxy) is 1. The highest BCUT2D eigenvalue weighted by Gasteiger charge is 2.29. The first-order chi connectivity index (χ1) is 15.7. The highest BCUT2D eigenvalue weighted by Crippen LogP contribution is 2.38. The van der Waals surface area contributed by atoms with Crippen LogP contribution < -0.4 is 4.74 Å². The van der Waals surface area contributed by atoms with Crippen molar-refractivity contribution in [3.05, 3.63) is 24.0 Å². The van der Waals surface area contributed by atoms with Crippen LogP contribution in [-0.2, 0) is 11.2 Å². The van der Waals surface area contributed by atoms with Gasteiger partial charge in [0.15, 0.2) is 0 Å². The van der Waals surface area contributed by atoms with E-state index in [0.29, 0.717) is 5.75 Å². The number of carbonyl (C=O) groups excluding carboxylic acids is 1. The monoisotopic (exact) mass is 441 g/mol. The molecule has 1 heterocycles. The lowest BCUT2D eigenvalue weighted by molar-refractivity contribution is -0.140. The quantitative estimate of drug-likeness (QED) is 0.242. The number of hydrogen-bond donors (Lipinski definition) is 0. The Balaban J connectivity index is 1.26. The van der Waals surface area contributed by atoms with Gasteiger partial charge in [0.25, 0.3) is 0 Å². The summed E-state index contributed by atoms with van der Waals surface area (Å²) in [5.41, 5.74) is 1.03. The largest absolute Gasteiger partial charge is 0.425 e. The van der Waals surface area contributed by atoms with Crippen molar-refractivity contribution in [1.29, 1.82) is 0 Å². The Morgan fingerprint density at radius 1 is 0.812 bits per heavy atom. The Labute approximate surface area is 197 Å². The van der Waals surface area contributed by atoms with Gasteiger partial charge in [-0.05, 0) is 62.0 Å². The number of aromatic nitrogens is 1. The van der Waals surface area contributed by atoms with Gasteiger partial charge in [0.05, 0.1) is 12.1 Å². The maximum Gasteiger partial charge on any atom is 0.314 e. The molecule has 0 spiro atoms. The topological polar surface area (TPSA) is 39.2 Å². The van der Waals surface area contributed by atoms with Gasteiger partial charge < -0.3 is 4.74 Å².